The summed E-state index contributed by atoms with van der Waals surface area (Å²) < 4.78 is 12.8. The Morgan fingerprint density at radius 2 is 1.96 bits per heavy atom. The molecule has 0 fully saturated rings. The molecule has 0 aliphatic carbocycles. The highest BCUT2D eigenvalue weighted by atomic mass is 35.5. The Hall–Kier alpha value is -2.44. The number of aryl methyl sites for hydroxylation is 3. The lowest BCUT2D eigenvalue weighted by molar-refractivity contribution is 0.102. The number of aromatic nitrogens is 2. The average molecular weight is 408 g/mol. The van der Waals surface area contributed by atoms with Crippen LogP contribution in [0.2, 0.25) is 10.0 Å². The van der Waals surface area contributed by atoms with Gasteiger partial charge in [-0.2, -0.15) is 5.10 Å². The third-order valence-electron chi connectivity index (χ3n) is 4.14. The molecule has 0 radical (unpaired) electrons. The van der Waals surface area contributed by atoms with Crippen molar-refractivity contribution in [3.63, 3.8) is 0 Å². The normalized spacial score (nSPS) is 10.9. The number of nitrogens with one attached hydrogen (secondary N) is 1. The minimum Gasteiger partial charge on any atom is -0.470 e. The molecule has 0 saturated heterocycles. The van der Waals surface area contributed by atoms with Gasteiger partial charge in [-0.3, -0.25) is 4.79 Å². The van der Waals surface area contributed by atoms with Crippen LogP contribution in [-0.2, 0) is 6.73 Å². The van der Waals surface area contributed by atoms with Crippen molar-refractivity contribution in [2.24, 2.45) is 0 Å². The molecule has 6 nitrogen and oxygen atoms in total. The summed E-state index contributed by atoms with van der Waals surface area (Å²) in [6, 6.07) is 6.72. The van der Waals surface area contributed by atoms with Crippen LogP contribution >= 0.6 is 23.2 Å². The number of hydrogen-bond acceptors (Lipinski definition) is 4. The standard InChI is InChI=1S/C19H19Cl2N3O3/c1-10-7-15(13(4)27-10)19(25)22-18-11(2)23-24(12(18)3)9-26-17-6-5-14(20)8-16(17)21/h5-8H,9H2,1-4H3,(H,22,25). The summed E-state index contributed by atoms with van der Waals surface area (Å²) in [5.41, 5.74) is 2.60. The first-order valence-electron chi connectivity index (χ1n) is 8.26. The zero-order valence-electron chi connectivity index (χ0n) is 15.4. The summed E-state index contributed by atoms with van der Waals surface area (Å²) in [5.74, 6) is 1.53. The molecule has 3 aromatic rings. The number of nitrogens with zero attached hydrogens (tertiary/aromatic N) is 2. The molecule has 0 saturated carbocycles. The van der Waals surface area contributed by atoms with Gasteiger partial charge in [0.05, 0.1) is 27.7 Å². The molecule has 8 heteroatoms. The summed E-state index contributed by atoms with van der Waals surface area (Å²) in [4.78, 5) is 12.5. The molecular formula is C19H19Cl2N3O3. The number of anilines is 1. The molecule has 2 aromatic heterocycles. The highest BCUT2D eigenvalue weighted by Crippen LogP contribution is 2.28. The maximum Gasteiger partial charge on any atom is 0.259 e. The summed E-state index contributed by atoms with van der Waals surface area (Å²) in [6.45, 7) is 7.39. The number of carbonyl (C=O) groups is 1. The molecule has 1 aromatic carbocycles. The third kappa shape index (κ3) is 4.12. The monoisotopic (exact) mass is 407 g/mol. The highest BCUT2D eigenvalue weighted by molar-refractivity contribution is 6.35. The lowest BCUT2D eigenvalue weighted by Gasteiger charge is -2.10. The van der Waals surface area contributed by atoms with E-state index in [2.05, 4.69) is 10.4 Å². The predicted molar refractivity (Wildman–Crippen MR) is 105 cm³/mol. The molecule has 27 heavy (non-hydrogen) atoms. The predicted octanol–water partition coefficient (Wildman–Crippen LogP) is 5.31. The molecule has 0 atom stereocenters. The van der Waals surface area contributed by atoms with Gasteiger partial charge in [0.25, 0.3) is 5.91 Å². The molecule has 0 unspecified atom stereocenters. The van der Waals surface area contributed by atoms with E-state index in [4.69, 9.17) is 32.4 Å². The van der Waals surface area contributed by atoms with Crippen molar-refractivity contribution in [1.82, 2.24) is 9.78 Å². The van der Waals surface area contributed by atoms with Crippen LogP contribution in [0.15, 0.2) is 28.7 Å². The topological polar surface area (TPSA) is 69.3 Å². The number of rotatable bonds is 5. The van der Waals surface area contributed by atoms with Gasteiger partial charge >= 0.3 is 0 Å². The number of carbonyl (C=O) groups excluding carboxylic acids is 1. The Labute approximate surface area is 167 Å². The van der Waals surface area contributed by atoms with Crippen LogP contribution in [0, 0.1) is 27.7 Å². The molecule has 2 heterocycles. The van der Waals surface area contributed by atoms with Crippen molar-refractivity contribution in [1.29, 1.82) is 0 Å². The lowest BCUT2D eigenvalue weighted by Crippen LogP contribution is -2.14. The van der Waals surface area contributed by atoms with Crippen LogP contribution in [0.4, 0.5) is 5.69 Å². The van der Waals surface area contributed by atoms with Gasteiger partial charge in [-0.05, 0) is 52.0 Å². The third-order valence-corrected chi connectivity index (χ3v) is 4.67. The zero-order valence-corrected chi connectivity index (χ0v) is 16.9. The Balaban J connectivity index is 1.76. The molecule has 1 N–H and O–H groups in total. The van der Waals surface area contributed by atoms with E-state index in [9.17, 15) is 4.79 Å². The number of amides is 1. The molecule has 0 bridgehead atoms. The lowest BCUT2D eigenvalue weighted by atomic mass is 10.2. The second kappa shape index (κ2) is 7.66. The van der Waals surface area contributed by atoms with Crippen molar-refractivity contribution in [3.8, 4) is 5.75 Å². The summed E-state index contributed by atoms with van der Waals surface area (Å²) in [7, 11) is 0. The van der Waals surface area contributed by atoms with Crippen LogP contribution in [0.1, 0.15) is 33.3 Å². The molecule has 0 aliphatic heterocycles. The van der Waals surface area contributed by atoms with Gasteiger partial charge in [-0.1, -0.05) is 23.2 Å². The minimum atomic E-state index is -0.239. The summed E-state index contributed by atoms with van der Waals surface area (Å²) in [5, 5.41) is 8.29. The number of halogens is 2. The second-order valence-electron chi connectivity index (χ2n) is 6.17. The molecular weight excluding hydrogens is 389 g/mol. The molecule has 1 amide bonds. The van der Waals surface area contributed by atoms with Gasteiger partial charge in [0.1, 0.15) is 17.3 Å². The number of furan rings is 1. The number of hydrogen-bond donors (Lipinski definition) is 1. The van der Waals surface area contributed by atoms with Gasteiger partial charge in [0.15, 0.2) is 6.73 Å². The van der Waals surface area contributed by atoms with Crippen LogP contribution in [-0.4, -0.2) is 15.7 Å². The van der Waals surface area contributed by atoms with E-state index in [1.807, 2.05) is 13.8 Å². The maximum absolute atomic E-state index is 12.5. The maximum atomic E-state index is 12.5. The van der Waals surface area contributed by atoms with Crippen molar-refractivity contribution >= 4 is 34.8 Å². The Morgan fingerprint density at radius 3 is 2.59 bits per heavy atom. The Morgan fingerprint density at radius 1 is 1.22 bits per heavy atom. The highest BCUT2D eigenvalue weighted by Gasteiger charge is 2.19. The molecule has 142 valence electrons. The average Bonchev–Trinajstić information content (AvgIpc) is 3.07. The first-order chi connectivity index (χ1) is 12.8. The van der Waals surface area contributed by atoms with Gasteiger partial charge in [-0.15, -0.1) is 0 Å². The second-order valence-corrected chi connectivity index (χ2v) is 7.02. The van der Waals surface area contributed by atoms with E-state index >= 15 is 0 Å². The van der Waals surface area contributed by atoms with E-state index in [0.717, 1.165) is 5.69 Å². The van der Waals surface area contributed by atoms with E-state index in [1.165, 1.54) is 0 Å². The SMILES string of the molecule is Cc1cc(C(=O)Nc2c(C)nn(COc3ccc(Cl)cc3Cl)c2C)c(C)o1. The zero-order chi connectivity index (χ0) is 19.7. The first kappa shape index (κ1) is 19.3. The Kier molecular flexibility index (Phi) is 5.48. The number of benzene rings is 1. The molecule has 0 spiro atoms. The van der Waals surface area contributed by atoms with E-state index < -0.39 is 0 Å². The fourth-order valence-electron chi connectivity index (χ4n) is 2.76. The van der Waals surface area contributed by atoms with E-state index in [0.29, 0.717) is 44.3 Å². The van der Waals surface area contributed by atoms with Gasteiger partial charge in [0, 0.05) is 5.02 Å². The van der Waals surface area contributed by atoms with Crippen LogP contribution in [0.3, 0.4) is 0 Å². The van der Waals surface area contributed by atoms with Crippen LogP contribution < -0.4 is 10.1 Å². The van der Waals surface area contributed by atoms with Gasteiger partial charge in [-0.25, -0.2) is 4.68 Å². The van der Waals surface area contributed by atoms with Crippen molar-refractivity contribution in [2.75, 3.05) is 5.32 Å². The van der Waals surface area contributed by atoms with Gasteiger partial charge in [0.2, 0.25) is 0 Å². The first-order valence-corrected chi connectivity index (χ1v) is 9.02. The Bertz CT molecular complexity index is 1010. The van der Waals surface area contributed by atoms with E-state index in [1.54, 1.807) is 42.8 Å². The van der Waals surface area contributed by atoms with E-state index in [-0.39, 0.29) is 12.6 Å². The van der Waals surface area contributed by atoms with Gasteiger partial charge < -0.3 is 14.5 Å². The fourth-order valence-corrected chi connectivity index (χ4v) is 3.23. The van der Waals surface area contributed by atoms with Crippen LogP contribution in [0.25, 0.3) is 0 Å². The molecule has 3 rings (SSSR count). The fraction of sp³-hybridized carbons (Fsp3) is 0.263. The van der Waals surface area contributed by atoms with Crippen molar-refractivity contribution in [3.05, 3.63) is 62.8 Å². The minimum absolute atomic E-state index is 0.147. The summed E-state index contributed by atoms with van der Waals surface area (Å²) >= 11 is 12.0. The van der Waals surface area contributed by atoms with Crippen molar-refractivity contribution in [2.45, 2.75) is 34.4 Å². The molecule has 0 aliphatic rings. The summed E-state index contributed by atoms with van der Waals surface area (Å²) in [6.07, 6.45) is 0. The largest absolute Gasteiger partial charge is 0.470 e. The smallest absolute Gasteiger partial charge is 0.259 e. The number of ether oxygens (including phenoxy) is 1. The van der Waals surface area contributed by atoms with Crippen molar-refractivity contribution < 1.29 is 13.9 Å². The van der Waals surface area contributed by atoms with Crippen LogP contribution in [0.5, 0.6) is 5.75 Å². The quantitative estimate of drug-likeness (QED) is 0.622.